The Morgan fingerprint density at radius 3 is 2.65 bits per heavy atom. The van der Waals surface area contributed by atoms with E-state index in [1.165, 1.54) is 37.1 Å². The van der Waals surface area contributed by atoms with Crippen LogP contribution in [-0.2, 0) is 4.74 Å². The van der Waals surface area contributed by atoms with Crippen LogP contribution in [0.1, 0.15) is 20.7 Å². The van der Waals surface area contributed by atoms with Crippen LogP contribution >= 0.6 is 23.1 Å². The molecule has 0 radical (unpaired) electrons. The molecule has 0 unspecified atom stereocenters. The Hall–Kier alpha value is -2.39. The number of carbonyl (C=O) groups excluding carboxylic acids is 2. The van der Waals surface area contributed by atoms with Gasteiger partial charge >= 0.3 is 5.97 Å². The fourth-order valence-electron chi connectivity index (χ4n) is 1.83. The third kappa shape index (κ3) is 3.69. The van der Waals surface area contributed by atoms with Gasteiger partial charge in [0.2, 0.25) is 0 Å². The molecule has 0 bridgehead atoms. The zero-order chi connectivity index (χ0) is 17.0. The number of amides is 1. The number of methoxy groups -OCH3 is 1. The fourth-order valence-corrected chi connectivity index (χ4v) is 3.04. The van der Waals surface area contributed by atoms with Gasteiger partial charge in [0.1, 0.15) is 10.6 Å². The number of nitrogens with one attached hydrogen (secondary N) is 1. The van der Waals surface area contributed by atoms with Crippen molar-refractivity contribution in [3.05, 3.63) is 50.9 Å². The number of thioether (sulfide) groups is 1. The number of ether oxygens (including phenoxy) is 1. The molecule has 2 rings (SSSR count). The molecule has 2 aromatic rings. The summed E-state index contributed by atoms with van der Waals surface area (Å²) in [6, 6.07) is 5.82. The summed E-state index contributed by atoms with van der Waals surface area (Å²) in [6.45, 7) is 0. The molecule has 0 atom stereocenters. The van der Waals surface area contributed by atoms with Gasteiger partial charge in [-0.05, 0) is 29.8 Å². The van der Waals surface area contributed by atoms with Crippen LogP contribution in [0.2, 0.25) is 0 Å². The summed E-state index contributed by atoms with van der Waals surface area (Å²) in [5.41, 5.74) is -0.155. The average Bonchev–Trinajstić information content (AvgIpc) is 3.01. The van der Waals surface area contributed by atoms with E-state index in [1.807, 2.05) is 0 Å². The molecule has 0 fully saturated rings. The highest BCUT2D eigenvalue weighted by atomic mass is 32.2. The van der Waals surface area contributed by atoms with Crippen molar-refractivity contribution in [3.63, 3.8) is 0 Å². The summed E-state index contributed by atoms with van der Waals surface area (Å²) in [4.78, 5) is 35.2. The standard InChI is InChI=1S/C14H12N2O5S2/c1-21-14(18)9-5-6-23-13(9)15-12(17)10-7-8(22-2)3-4-11(10)16(19)20/h3-7H,1-2H3,(H,15,17). The first-order valence-electron chi connectivity index (χ1n) is 6.27. The van der Waals surface area contributed by atoms with Gasteiger partial charge < -0.3 is 10.1 Å². The smallest absolute Gasteiger partial charge is 0.340 e. The van der Waals surface area contributed by atoms with Crippen LogP contribution in [0, 0.1) is 10.1 Å². The van der Waals surface area contributed by atoms with Crippen molar-refractivity contribution in [1.29, 1.82) is 0 Å². The van der Waals surface area contributed by atoms with E-state index in [0.717, 1.165) is 16.2 Å². The maximum absolute atomic E-state index is 12.4. The number of thiophene rings is 1. The molecule has 1 aromatic carbocycles. The molecule has 7 nitrogen and oxygen atoms in total. The van der Waals surface area contributed by atoms with Gasteiger partial charge in [0, 0.05) is 11.0 Å². The van der Waals surface area contributed by atoms with Gasteiger partial charge in [0.15, 0.2) is 0 Å². The minimum absolute atomic E-state index is 0.0638. The molecule has 23 heavy (non-hydrogen) atoms. The molecule has 0 aliphatic heterocycles. The van der Waals surface area contributed by atoms with Crippen molar-refractivity contribution in [2.24, 2.45) is 0 Å². The lowest BCUT2D eigenvalue weighted by molar-refractivity contribution is -0.385. The first-order valence-corrected chi connectivity index (χ1v) is 8.38. The number of hydrogen-bond acceptors (Lipinski definition) is 7. The van der Waals surface area contributed by atoms with E-state index in [4.69, 9.17) is 0 Å². The minimum Gasteiger partial charge on any atom is -0.465 e. The van der Waals surface area contributed by atoms with Crippen LogP contribution in [0.15, 0.2) is 34.5 Å². The molecule has 120 valence electrons. The maximum Gasteiger partial charge on any atom is 0.340 e. The number of rotatable bonds is 5. The third-order valence-corrected chi connectivity index (χ3v) is 4.50. The Kier molecular flexibility index (Phi) is 5.35. The number of nitro groups is 1. The molecule has 0 saturated heterocycles. The lowest BCUT2D eigenvalue weighted by Crippen LogP contribution is -2.15. The third-order valence-electron chi connectivity index (χ3n) is 2.94. The summed E-state index contributed by atoms with van der Waals surface area (Å²) in [5, 5.41) is 15.5. The molecule has 0 spiro atoms. The normalized spacial score (nSPS) is 10.2. The number of benzene rings is 1. The summed E-state index contributed by atoms with van der Waals surface area (Å²) in [5.74, 6) is -1.24. The molecule has 0 saturated carbocycles. The number of carbonyl (C=O) groups is 2. The van der Waals surface area contributed by atoms with Gasteiger partial charge in [-0.15, -0.1) is 23.1 Å². The average molecular weight is 352 g/mol. The highest BCUT2D eigenvalue weighted by Gasteiger charge is 2.23. The van der Waals surface area contributed by atoms with Crippen molar-refractivity contribution in [2.75, 3.05) is 18.7 Å². The first-order chi connectivity index (χ1) is 11.0. The van der Waals surface area contributed by atoms with Crippen molar-refractivity contribution >= 4 is 45.7 Å². The molecular weight excluding hydrogens is 340 g/mol. The number of nitrogens with zero attached hydrogens (tertiary/aromatic N) is 1. The summed E-state index contributed by atoms with van der Waals surface area (Å²) >= 11 is 2.50. The Bertz CT molecular complexity index is 772. The van der Waals surface area contributed by atoms with Crippen LogP contribution in [-0.4, -0.2) is 30.2 Å². The summed E-state index contributed by atoms with van der Waals surface area (Å²) in [6.07, 6.45) is 1.80. The van der Waals surface area contributed by atoms with Crippen LogP contribution in [0.25, 0.3) is 0 Å². The van der Waals surface area contributed by atoms with Crippen LogP contribution in [0.3, 0.4) is 0 Å². The van der Waals surface area contributed by atoms with Crippen LogP contribution in [0.5, 0.6) is 0 Å². The number of esters is 1. The molecular formula is C14H12N2O5S2. The fraction of sp³-hybridized carbons (Fsp3) is 0.143. The first kappa shape index (κ1) is 17.0. The molecule has 1 heterocycles. The summed E-state index contributed by atoms with van der Waals surface area (Å²) < 4.78 is 4.63. The number of anilines is 1. The minimum atomic E-state index is -0.653. The molecule has 0 aliphatic carbocycles. The molecule has 0 aliphatic rings. The SMILES string of the molecule is COC(=O)c1ccsc1NC(=O)c1cc(SC)ccc1[N+](=O)[O-]. The van der Waals surface area contributed by atoms with Crippen molar-refractivity contribution in [2.45, 2.75) is 4.90 Å². The highest BCUT2D eigenvalue weighted by molar-refractivity contribution is 7.98. The second-order valence-electron chi connectivity index (χ2n) is 4.25. The Balaban J connectivity index is 2.36. The van der Waals surface area contributed by atoms with Gasteiger partial charge in [-0.3, -0.25) is 14.9 Å². The van der Waals surface area contributed by atoms with Gasteiger partial charge in [0.05, 0.1) is 17.6 Å². The van der Waals surface area contributed by atoms with Crippen LogP contribution < -0.4 is 5.32 Å². The Morgan fingerprint density at radius 2 is 2.04 bits per heavy atom. The molecule has 9 heteroatoms. The maximum atomic E-state index is 12.4. The largest absolute Gasteiger partial charge is 0.465 e. The quantitative estimate of drug-likeness (QED) is 0.383. The Morgan fingerprint density at radius 1 is 1.30 bits per heavy atom. The number of hydrogen-bond donors (Lipinski definition) is 1. The van der Waals surface area contributed by atoms with Crippen LogP contribution in [0.4, 0.5) is 10.7 Å². The zero-order valence-electron chi connectivity index (χ0n) is 12.2. The second kappa shape index (κ2) is 7.25. The van der Waals surface area contributed by atoms with E-state index in [-0.39, 0.29) is 21.8 Å². The lowest BCUT2D eigenvalue weighted by atomic mass is 10.1. The molecule has 1 amide bonds. The van der Waals surface area contributed by atoms with E-state index in [0.29, 0.717) is 0 Å². The van der Waals surface area contributed by atoms with E-state index < -0.39 is 16.8 Å². The van der Waals surface area contributed by atoms with Crippen molar-refractivity contribution in [1.82, 2.24) is 0 Å². The van der Waals surface area contributed by atoms with Gasteiger partial charge in [-0.2, -0.15) is 0 Å². The van der Waals surface area contributed by atoms with Gasteiger partial charge in [0.25, 0.3) is 11.6 Å². The Labute approximate surface area is 139 Å². The number of nitro benzene ring substituents is 1. The molecule has 1 aromatic heterocycles. The highest BCUT2D eigenvalue weighted by Crippen LogP contribution is 2.28. The van der Waals surface area contributed by atoms with Crippen molar-refractivity contribution < 1.29 is 19.2 Å². The van der Waals surface area contributed by atoms with E-state index in [2.05, 4.69) is 10.1 Å². The molecule has 1 N–H and O–H groups in total. The predicted octanol–water partition coefficient (Wildman–Crippen LogP) is 3.42. The van der Waals surface area contributed by atoms with Gasteiger partial charge in [-0.25, -0.2) is 4.79 Å². The second-order valence-corrected chi connectivity index (χ2v) is 6.05. The van der Waals surface area contributed by atoms with E-state index >= 15 is 0 Å². The van der Waals surface area contributed by atoms with E-state index in [1.54, 1.807) is 17.7 Å². The van der Waals surface area contributed by atoms with Crippen molar-refractivity contribution in [3.8, 4) is 0 Å². The van der Waals surface area contributed by atoms with E-state index in [9.17, 15) is 19.7 Å². The monoisotopic (exact) mass is 352 g/mol. The topological polar surface area (TPSA) is 98.5 Å². The summed E-state index contributed by atoms with van der Waals surface area (Å²) in [7, 11) is 1.23. The van der Waals surface area contributed by atoms with Gasteiger partial charge in [-0.1, -0.05) is 0 Å². The predicted molar refractivity (Wildman–Crippen MR) is 88.5 cm³/mol. The lowest BCUT2D eigenvalue weighted by Gasteiger charge is -2.07. The zero-order valence-corrected chi connectivity index (χ0v) is 13.8.